The monoisotopic (exact) mass is 340 g/mol. The summed E-state index contributed by atoms with van der Waals surface area (Å²) in [6.45, 7) is 1.75. The van der Waals surface area contributed by atoms with Crippen LogP contribution in [0.1, 0.15) is 43.2 Å². The average molecular weight is 340 g/mol. The van der Waals surface area contributed by atoms with Crippen molar-refractivity contribution in [1.29, 1.82) is 0 Å². The number of nitrogens with zero attached hydrogens (tertiary/aromatic N) is 2. The first-order chi connectivity index (χ1) is 12.2. The van der Waals surface area contributed by atoms with Crippen LogP contribution in [0, 0.1) is 0 Å². The first kappa shape index (κ1) is 16.1. The summed E-state index contributed by atoms with van der Waals surface area (Å²) in [6.07, 6.45) is 6.22. The quantitative estimate of drug-likeness (QED) is 0.898. The summed E-state index contributed by atoms with van der Waals surface area (Å²) in [6, 6.07) is 10.4. The van der Waals surface area contributed by atoms with Crippen molar-refractivity contribution in [3.63, 3.8) is 0 Å². The minimum atomic E-state index is -0.355. The maximum absolute atomic E-state index is 12.4. The predicted molar refractivity (Wildman–Crippen MR) is 97.8 cm³/mol. The van der Waals surface area contributed by atoms with Crippen molar-refractivity contribution in [2.24, 2.45) is 0 Å². The standard InChI is InChI=1S/C19H24N4O2/c24-18-16-12-22(15-9-5-2-6-10-15)13-20-17(16)23(19(25)21-18)11-14-7-3-1-4-8-14/h1,3-4,7-8,15,20H,2,5-6,9-13H2,(H,21,24,25). The van der Waals surface area contributed by atoms with Gasteiger partial charge in [0.1, 0.15) is 5.82 Å². The van der Waals surface area contributed by atoms with Crippen LogP contribution in [0.25, 0.3) is 0 Å². The van der Waals surface area contributed by atoms with Crippen molar-refractivity contribution < 1.29 is 0 Å². The molecule has 2 heterocycles. The number of aromatic amines is 1. The SMILES string of the molecule is O=c1[nH]c(=O)n(Cc2ccccc2)c2c1CN(C1CCCCC1)CN2. The summed E-state index contributed by atoms with van der Waals surface area (Å²) in [5, 5.41) is 3.35. The van der Waals surface area contributed by atoms with Gasteiger partial charge < -0.3 is 5.32 Å². The zero-order valence-corrected chi connectivity index (χ0v) is 14.3. The molecule has 0 bridgehead atoms. The van der Waals surface area contributed by atoms with Gasteiger partial charge in [0.2, 0.25) is 0 Å². The highest BCUT2D eigenvalue weighted by Crippen LogP contribution is 2.27. The second-order valence-electron chi connectivity index (χ2n) is 7.03. The second-order valence-corrected chi connectivity index (χ2v) is 7.03. The second kappa shape index (κ2) is 6.88. The van der Waals surface area contributed by atoms with E-state index < -0.39 is 0 Å². The largest absolute Gasteiger partial charge is 0.358 e. The lowest BCUT2D eigenvalue weighted by atomic mass is 9.94. The van der Waals surface area contributed by atoms with Gasteiger partial charge in [-0.2, -0.15) is 0 Å². The fourth-order valence-corrected chi connectivity index (χ4v) is 4.02. The van der Waals surface area contributed by atoms with Crippen molar-refractivity contribution in [3.05, 3.63) is 62.3 Å². The zero-order chi connectivity index (χ0) is 17.2. The molecule has 1 aliphatic heterocycles. The Balaban J connectivity index is 1.65. The lowest BCUT2D eigenvalue weighted by Gasteiger charge is -2.38. The van der Waals surface area contributed by atoms with Crippen LogP contribution in [0.3, 0.4) is 0 Å². The van der Waals surface area contributed by atoms with E-state index in [1.165, 1.54) is 32.1 Å². The molecule has 0 radical (unpaired) electrons. The van der Waals surface area contributed by atoms with E-state index in [-0.39, 0.29) is 11.2 Å². The average Bonchev–Trinajstić information content (AvgIpc) is 2.66. The minimum Gasteiger partial charge on any atom is -0.358 e. The van der Waals surface area contributed by atoms with Gasteiger partial charge >= 0.3 is 5.69 Å². The summed E-state index contributed by atoms with van der Waals surface area (Å²) >= 11 is 0. The molecule has 1 aromatic heterocycles. The summed E-state index contributed by atoms with van der Waals surface area (Å²) in [7, 11) is 0. The molecule has 2 aromatic rings. The number of rotatable bonds is 3. The molecule has 6 nitrogen and oxygen atoms in total. The Labute approximate surface area is 146 Å². The molecular formula is C19H24N4O2. The third-order valence-electron chi connectivity index (χ3n) is 5.38. The molecule has 6 heteroatoms. The third-order valence-corrected chi connectivity index (χ3v) is 5.38. The highest BCUT2D eigenvalue weighted by molar-refractivity contribution is 5.46. The Kier molecular flexibility index (Phi) is 4.44. The number of hydrogen-bond acceptors (Lipinski definition) is 4. The van der Waals surface area contributed by atoms with Gasteiger partial charge in [0.15, 0.2) is 0 Å². The van der Waals surface area contributed by atoms with E-state index in [1.54, 1.807) is 4.57 Å². The van der Waals surface area contributed by atoms with Crippen molar-refractivity contribution in [3.8, 4) is 0 Å². The van der Waals surface area contributed by atoms with Crippen LogP contribution in [0.15, 0.2) is 39.9 Å². The van der Waals surface area contributed by atoms with Crippen LogP contribution in [-0.2, 0) is 13.1 Å². The number of fused-ring (bicyclic) bond motifs is 1. The molecule has 132 valence electrons. The number of aromatic nitrogens is 2. The van der Waals surface area contributed by atoms with Gasteiger partial charge in [-0.05, 0) is 18.4 Å². The van der Waals surface area contributed by atoms with Crippen LogP contribution in [0.5, 0.6) is 0 Å². The summed E-state index contributed by atoms with van der Waals surface area (Å²) in [4.78, 5) is 29.6. The maximum Gasteiger partial charge on any atom is 0.330 e. The summed E-state index contributed by atoms with van der Waals surface area (Å²) in [5.74, 6) is 0.671. The topological polar surface area (TPSA) is 70.1 Å². The molecule has 0 atom stereocenters. The van der Waals surface area contributed by atoms with E-state index in [1.807, 2.05) is 30.3 Å². The van der Waals surface area contributed by atoms with Crippen LogP contribution in [0.4, 0.5) is 5.82 Å². The first-order valence-corrected chi connectivity index (χ1v) is 9.10. The summed E-state index contributed by atoms with van der Waals surface area (Å²) < 4.78 is 1.64. The number of nitrogens with one attached hydrogen (secondary N) is 2. The Bertz CT molecular complexity index is 850. The zero-order valence-electron chi connectivity index (χ0n) is 14.3. The summed E-state index contributed by atoms with van der Waals surface area (Å²) in [5.41, 5.74) is 1.09. The molecular weight excluding hydrogens is 316 g/mol. The van der Waals surface area contributed by atoms with E-state index in [4.69, 9.17) is 0 Å². The highest BCUT2D eigenvalue weighted by atomic mass is 16.2. The van der Waals surface area contributed by atoms with Gasteiger partial charge in [-0.15, -0.1) is 0 Å². The van der Waals surface area contributed by atoms with Crippen molar-refractivity contribution in [2.75, 3.05) is 12.0 Å². The predicted octanol–water partition coefficient (Wildman–Crippen LogP) is 2.10. The molecule has 0 spiro atoms. The van der Waals surface area contributed by atoms with Crippen molar-refractivity contribution in [1.82, 2.24) is 14.5 Å². The van der Waals surface area contributed by atoms with Crippen LogP contribution in [-0.4, -0.2) is 27.2 Å². The van der Waals surface area contributed by atoms with Crippen molar-refractivity contribution >= 4 is 5.82 Å². The number of hydrogen-bond donors (Lipinski definition) is 2. The van der Waals surface area contributed by atoms with Gasteiger partial charge in [0.05, 0.1) is 18.8 Å². The molecule has 1 fully saturated rings. The fourth-order valence-electron chi connectivity index (χ4n) is 4.02. The Morgan fingerprint density at radius 2 is 1.80 bits per heavy atom. The molecule has 2 N–H and O–H groups in total. The normalized spacial score (nSPS) is 18.6. The lowest BCUT2D eigenvalue weighted by Crippen LogP contribution is -2.47. The Morgan fingerprint density at radius 3 is 2.56 bits per heavy atom. The molecule has 1 saturated carbocycles. The van der Waals surface area contributed by atoms with Crippen molar-refractivity contribution in [2.45, 2.75) is 51.2 Å². The molecule has 2 aliphatic rings. The highest BCUT2D eigenvalue weighted by Gasteiger charge is 2.28. The van der Waals surface area contributed by atoms with Gasteiger partial charge in [-0.1, -0.05) is 49.6 Å². The number of H-pyrrole nitrogens is 1. The van der Waals surface area contributed by atoms with E-state index in [0.29, 0.717) is 37.2 Å². The molecule has 0 saturated heterocycles. The van der Waals surface area contributed by atoms with Crippen LogP contribution >= 0.6 is 0 Å². The Morgan fingerprint density at radius 1 is 1.04 bits per heavy atom. The molecule has 0 amide bonds. The van der Waals surface area contributed by atoms with E-state index >= 15 is 0 Å². The molecule has 0 unspecified atom stereocenters. The lowest BCUT2D eigenvalue weighted by molar-refractivity contribution is 0.152. The van der Waals surface area contributed by atoms with E-state index in [2.05, 4.69) is 15.2 Å². The molecule has 1 aromatic carbocycles. The van der Waals surface area contributed by atoms with E-state index in [9.17, 15) is 9.59 Å². The van der Waals surface area contributed by atoms with Gasteiger partial charge in [0.25, 0.3) is 5.56 Å². The molecule has 1 aliphatic carbocycles. The number of anilines is 1. The van der Waals surface area contributed by atoms with Crippen LogP contribution < -0.4 is 16.6 Å². The minimum absolute atomic E-state index is 0.266. The fraction of sp³-hybridized carbons (Fsp3) is 0.474. The third kappa shape index (κ3) is 3.26. The maximum atomic E-state index is 12.4. The molecule has 25 heavy (non-hydrogen) atoms. The number of benzene rings is 1. The van der Waals surface area contributed by atoms with Gasteiger partial charge in [-0.25, -0.2) is 4.79 Å². The van der Waals surface area contributed by atoms with Gasteiger partial charge in [-0.3, -0.25) is 19.2 Å². The van der Waals surface area contributed by atoms with E-state index in [0.717, 1.165) is 5.56 Å². The van der Waals surface area contributed by atoms with Gasteiger partial charge in [0, 0.05) is 12.6 Å². The Hall–Kier alpha value is -2.34. The smallest absolute Gasteiger partial charge is 0.330 e. The van der Waals surface area contributed by atoms with Crippen LogP contribution in [0.2, 0.25) is 0 Å². The first-order valence-electron chi connectivity index (χ1n) is 9.10. The molecule has 4 rings (SSSR count).